The summed E-state index contributed by atoms with van der Waals surface area (Å²) in [6.45, 7) is 0. The third-order valence-corrected chi connectivity index (χ3v) is 1.56. The molecule has 5 heteroatoms. The molecule has 0 spiro atoms. The van der Waals surface area contributed by atoms with Crippen LogP contribution in [-0.2, 0) is 0 Å². The van der Waals surface area contributed by atoms with Gasteiger partial charge in [-0.2, -0.15) is 0 Å². The molecule has 0 amide bonds. The van der Waals surface area contributed by atoms with Gasteiger partial charge in [-0.1, -0.05) is 30.3 Å². The number of alkyl halides is 2. The van der Waals surface area contributed by atoms with Gasteiger partial charge in [0.15, 0.2) is 5.34 Å². The van der Waals surface area contributed by atoms with E-state index in [2.05, 4.69) is 0 Å². The molecule has 3 nitrogen and oxygen atoms in total. The Morgan fingerprint density at radius 1 is 1.25 bits per heavy atom. The largest absolute Gasteiger partial charge is 0.379 e. The van der Waals surface area contributed by atoms with Gasteiger partial charge >= 0.3 is 0 Å². The molecule has 1 aromatic carbocycles. The summed E-state index contributed by atoms with van der Waals surface area (Å²) in [4.78, 5) is 7.71. The molecule has 0 bridgehead atoms. The highest BCUT2D eigenvalue weighted by Crippen LogP contribution is 2.23. The van der Waals surface area contributed by atoms with Crippen molar-refractivity contribution in [2.75, 3.05) is 0 Å². The highest BCUT2D eigenvalue weighted by Gasteiger charge is 1.98. The quantitative estimate of drug-likeness (QED) is 0.437. The lowest BCUT2D eigenvalue weighted by molar-refractivity contribution is 0.312. The van der Waals surface area contributed by atoms with E-state index < -0.39 is 4.84 Å². The van der Waals surface area contributed by atoms with Crippen LogP contribution >= 0.6 is 23.2 Å². The smallest absolute Gasteiger partial charge is 0.152 e. The van der Waals surface area contributed by atoms with Crippen molar-refractivity contribution in [2.24, 2.45) is 5.34 Å². The average Bonchev–Trinajstić information content (AvgIpc) is 2.07. The van der Waals surface area contributed by atoms with Gasteiger partial charge in [-0.3, -0.25) is 0 Å². The molecule has 0 aliphatic carbocycles. The van der Waals surface area contributed by atoms with E-state index in [4.69, 9.17) is 33.3 Å². The molecule has 0 aliphatic heterocycles. The molecule has 0 saturated heterocycles. The highest BCUT2D eigenvalue weighted by atomic mass is 35.5. The molecule has 0 saturated carbocycles. The first-order valence-corrected chi connectivity index (χ1v) is 3.89. The summed E-state index contributed by atoms with van der Waals surface area (Å²) in [5, 5.41) is 7.89. The van der Waals surface area contributed by atoms with Gasteiger partial charge in [-0.05, 0) is 5.56 Å². The van der Waals surface area contributed by atoms with E-state index in [0.717, 1.165) is 5.56 Å². The lowest BCUT2D eigenvalue weighted by Gasteiger charge is -1.97. The number of rotatable bonds is 1. The summed E-state index contributed by atoms with van der Waals surface area (Å²) in [5.41, 5.74) is 0.945. The molecule has 0 heterocycles. The van der Waals surface area contributed by atoms with Crippen LogP contribution in [0.15, 0.2) is 35.7 Å². The van der Waals surface area contributed by atoms with E-state index in [1.807, 2.05) is 30.3 Å². The zero-order valence-electron chi connectivity index (χ0n) is 6.02. The summed E-state index contributed by atoms with van der Waals surface area (Å²) in [6, 6.07) is 9.54. The fourth-order valence-corrected chi connectivity index (χ4v) is 0.889. The Kier molecular flexibility index (Phi) is 6.42. The van der Waals surface area contributed by atoms with Gasteiger partial charge in [0, 0.05) is 0 Å². The summed E-state index contributed by atoms with van der Waals surface area (Å²) < 4.78 is 0. The second-order valence-corrected chi connectivity index (χ2v) is 2.89. The third-order valence-electron chi connectivity index (χ3n) is 1.05. The van der Waals surface area contributed by atoms with Crippen molar-refractivity contribution in [3.8, 4) is 0 Å². The molecule has 66 valence electrons. The first-order valence-electron chi connectivity index (χ1n) is 3.02. The first-order chi connectivity index (χ1) is 5.72. The minimum Gasteiger partial charge on any atom is -0.379 e. The molecule has 1 N–H and O–H groups in total. The Bertz CT molecular complexity index is 216. The van der Waals surface area contributed by atoms with Gasteiger partial charge in [-0.25, -0.2) is 0 Å². The van der Waals surface area contributed by atoms with Gasteiger partial charge in [0.05, 0.1) is 0 Å². The maximum Gasteiger partial charge on any atom is 0.152 e. The fraction of sp³-hybridized carbons (Fsp3) is 0.143. The number of nitrogens with zero attached hydrogens (tertiary/aromatic N) is 1. The molecular weight excluding hydrogens is 201 g/mol. The zero-order chi connectivity index (χ0) is 9.40. The number of hydrogen-bond donors (Lipinski definition) is 1. The lowest BCUT2D eigenvalue weighted by atomic mass is 10.2. The van der Waals surface area contributed by atoms with E-state index in [-0.39, 0.29) is 0 Å². The fourth-order valence-electron chi connectivity index (χ4n) is 0.599. The standard InChI is InChI=1S/C7H6Cl2.HNO2/c8-7(9)6-4-2-1-3-5-6;2-1-3/h1-5,7H;(H,2,3). The Balaban J connectivity index is 0.000000354. The molecule has 0 aliphatic rings. The minimum absolute atomic E-state index is 0.397. The molecule has 0 atom stereocenters. The monoisotopic (exact) mass is 207 g/mol. The van der Waals surface area contributed by atoms with E-state index >= 15 is 0 Å². The van der Waals surface area contributed by atoms with Crippen LogP contribution in [0.4, 0.5) is 0 Å². The van der Waals surface area contributed by atoms with Gasteiger partial charge in [-0.15, -0.1) is 28.1 Å². The predicted octanol–water partition coefficient (Wildman–Crippen LogP) is 3.30. The predicted molar refractivity (Wildman–Crippen MR) is 48.5 cm³/mol. The van der Waals surface area contributed by atoms with Crippen molar-refractivity contribution < 1.29 is 5.21 Å². The van der Waals surface area contributed by atoms with E-state index in [9.17, 15) is 0 Å². The SMILES string of the molecule is ClC(Cl)c1ccccc1.O=NO. The Morgan fingerprint density at radius 2 is 1.67 bits per heavy atom. The van der Waals surface area contributed by atoms with E-state index in [1.165, 1.54) is 5.34 Å². The maximum absolute atomic E-state index is 8.11. The van der Waals surface area contributed by atoms with Crippen LogP contribution in [-0.4, -0.2) is 5.21 Å². The number of benzene rings is 1. The van der Waals surface area contributed by atoms with Crippen LogP contribution in [0.2, 0.25) is 0 Å². The second kappa shape index (κ2) is 6.88. The lowest BCUT2D eigenvalue weighted by Crippen LogP contribution is -1.76. The van der Waals surface area contributed by atoms with Crippen molar-refractivity contribution >= 4 is 23.2 Å². The molecule has 0 unspecified atom stereocenters. The van der Waals surface area contributed by atoms with E-state index in [0.29, 0.717) is 0 Å². The van der Waals surface area contributed by atoms with Crippen LogP contribution in [0.3, 0.4) is 0 Å². The second-order valence-electron chi connectivity index (χ2n) is 1.79. The summed E-state index contributed by atoms with van der Waals surface area (Å²) in [6.07, 6.45) is 0. The molecule has 1 aromatic rings. The Labute approximate surface area is 79.9 Å². The third kappa shape index (κ3) is 4.93. The van der Waals surface area contributed by atoms with Crippen LogP contribution in [0.1, 0.15) is 10.4 Å². The van der Waals surface area contributed by atoms with Gasteiger partial charge in [0.2, 0.25) is 0 Å². The van der Waals surface area contributed by atoms with Crippen molar-refractivity contribution in [1.82, 2.24) is 0 Å². The summed E-state index contributed by atoms with van der Waals surface area (Å²) >= 11 is 11.1. The average molecular weight is 208 g/mol. The number of hydrogen-bond acceptors (Lipinski definition) is 2. The first kappa shape index (κ1) is 11.2. The van der Waals surface area contributed by atoms with Gasteiger partial charge in [0.1, 0.15) is 4.84 Å². The maximum atomic E-state index is 8.11. The minimum atomic E-state index is -0.397. The zero-order valence-corrected chi connectivity index (χ0v) is 7.53. The summed E-state index contributed by atoms with van der Waals surface area (Å²) in [5.74, 6) is 0. The molecule has 0 radical (unpaired) electrons. The molecule has 0 aromatic heterocycles. The van der Waals surface area contributed by atoms with Crippen molar-refractivity contribution in [3.05, 3.63) is 40.8 Å². The van der Waals surface area contributed by atoms with Gasteiger partial charge in [0.25, 0.3) is 0 Å². The van der Waals surface area contributed by atoms with Crippen LogP contribution in [0.25, 0.3) is 0 Å². The topological polar surface area (TPSA) is 49.7 Å². The molecular formula is C7H7Cl2NO2. The molecule has 12 heavy (non-hydrogen) atoms. The Morgan fingerprint density at radius 3 is 1.92 bits per heavy atom. The van der Waals surface area contributed by atoms with Crippen LogP contribution in [0, 0.1) is 4.91 Å². The molecule has 0 fully saturated rings. The van der Waals surface area contributed by atoms with E-state index in [1.54, 1.807) is 0 Å². The highest BCUT2D eigenvalue weighted by molar-refractivity contribution is 6.44. The molecule has 1 rings (SSSR count). The van der Waals surface area contributed by atoms with Crippen LogP contribution < -0.4 is 0 Å². The number of halogens is 2. The van der Waals surface area contributed by atoms with Gasteiger partial charge < -0.3 is 5.21 Å². The van der Waals surface area contributed by atoms with Crippen molar-refractivity contribution in [3.63, 3.8) is 0 Å². The normalized spacial score (nSPS) is 8.58. The van der Waals surface area contributed by atoms with Crippen molar-refractivity contribution in [1.29, 1.82) is 0 Å². The Hall–Kier alpha value is -0.800. The van der Waals surface area contributed by atoms with Crippen LogP contribution in [0.5, 0.6) is 0 Å². The van der Waals surface area contributed by atoms with Crippen molar-refractivity contribution in [2.45, 2.75) is 4.84 Å². The summed E-state index contributed by atoms with van der Waals surface area (Å²) in [7, 11) is 0.